The first-order valence-electron chi connectivity index (χ1n) is 10.4. The lowest BCUT2D eigenvalue weighted by Gasteiger charge is -2.36. The maximum Gasteiger partial charge on any atom is 0.253 e. The second kappa shape index (κ2) is 7.94. The van der Waals surface area contributed by atoms with Crippen LogP contribution in [0.5, 0.6) is 11.5 Å². The van der Waals surface area contributed by atoms with Gasteiger partial charge in [0.25, 0.3) is 5.91 Å². The van der Waals surface area contributed by atoms with Gasteiger partial charge in [0.05, 0.1) is 5.92 Å². The Morgan fingerprint density at radius 1 is 0.871 bits per heavy atom. The van der Waals surface area contributed by atoms with Gasteiger partial charge < -0.3 is 24.2 Å². The summed E-state index contributed by atoms with van der Waals surface area (Å²) in [7, 11) is 0. The molecule has 0 bridgehead atoms. The summed E-state index contributed by atoms with van der Waals surface area (Å²) < 4.78 is 10.7. The van der Waals surface area contributed by atoms with Gasteiger partial charge in [-0.15, -0.1) is 0 Å². The first-order valence-corrected chi connectivity index (χ1v) is 10.4. The van der Waals surface area contributed by atoms with Gasteiger partial charge in [0.15, 0.2) is 11.5 Å². The van der Waals surface area contributed by atoms with Gasteiger partial charge in [-0.05, 0) is 24.3 Å². The van der Waals surface area contributed by atoms with Crippen LogP contribution in [0, 0.1) is 5.92 Å². The van der Waals surface area contributed by atoms with Crippen molar-refractivity contribution in [1.29, 1.82) is 0 Å². The van der Waals surface area contributed by atoms with E-state index >= 15 is 0 Å². The number of ether oxygens (including phenoxy) is 2. The lowest BCUT2D eigenvalue weighted by Crippen LogP contribution is -2.52. The summed E-state index contributed by atoms with van der Waals surface area (Å²) in [5.74, 6) is 0.774. The van der Waals surface area contributed by atoms with Crippen molar-refractivity contribution in [2.75, 3.05) is 44.4 Å². The van der Waals surface area contributed by atoms with Gasteiger partial charge in [0.2, 0.25) is 18.6 Å². The topological polar surface area (TPSA) is 79.4 Å². The fourth-order valence-corrected chi connectivity index (χ4v) is 4.33. The zero-order valence-electron chi connectivity index (χ0n) is 17.0. The summed E-state index contributed by atoms with van der Waals surface area (Å²) in [6.45, 7) is 2.46. The highest BCUT2D eigenvalue weighted by molar-refractivity contribution is 6.00. The number of hydrogen-bond acceptors (Lipinski definition) is 5. The van der Waals surface area contributed by atoms with Crippen LogP contribution in [0.1, 0.15) is 16.8 Å². The van der Waals surface area contributed by atoms with E-state index in [4.69, 9.17) is 9.47 Å². The van der Waals surface area contributed by atoms with Crippen LogP contribution in [-0.4, -0.2) is 67.0 Å². The number of rotatable bonds is 3. The van der Waals surface area contributed by atoms with Gasteiger partial charge in [-0.3, -0.25) is 14.4 Å². The van der Waals surface area contributed by atoms with Crippen molar-refractivity contribution in [3.05, 3.63) is 54.1 Å². The third-order valence-corrected chi connectivity index (χ3v) is 6.04. The Morgan fingerprint density at radius 3 is 2.35 bits per heavy atom. The third kappa shape index (κ3) is 3.69. The van der Waals surface area contributed by atoms with Gasteiger partial charge in [0, 0.05) is 56.5 Å². The lowest BCUT2D eigenvalue weighted by atomic mass is 10.1. The molecular weight excluding hydrogens is 398 g/mol. The number of anilines is 1. The minimum absolute atomic E-state index is 0.0160. The molecule has 0 N–H and O–H groups in total. The van der Waals surface area contributed by atoms with Crippen LogP contribution in [0.3, 0.4) is 0 Å². The summed E-state index contributed by atoms with van der Waals surface area (Å²) in [6.07, 6.45) is 0.191. The number of carbonyl (C=O) groups is 3. The summed E-state index contributed by atoms with van der Waals surface area (Å²) in [5, 5.41) is 0. The SMILES string of the molecule is O=C(c1ccccc1)N1CCN(C(=O)C2CC(=O)N(c3ccc4c(c3)OCO4)C2)CC1. The van der Waals surface area contributed by atoms with E-state index in [9.17, 15) is 14.4 Å². The molecule has 8 nitrogen and oxygen atoms in total. The van der Waals surface area contributed by atoms with Gasteiger partial charge in [-0.25, -0.2) is 0 Å². The minimum Gasteiger partial charge on any atom is -0.454 e. The Balaban J connectivity index is 1.20. The van der Waals surface area contributed by atoms with Gasteiger partial charge in [-0.2, -0.15) is 0 Å². The molecule has 3 aliphatic rings. The van der Waals surface area contributed by atoms with Crippen LogP contribution in [0.15, 0.2) is 48.5 Å². The molecule has 160 valence electrons. The van der Waals surface area contributed by atoms with Crippen molar-refractivity contribution >= 4 is 23.4 Å². The van der Waals surface area contributed by atoms with Crippen LogP contribution < -0.4 is 14.4 Å². The maximum atomic E-state index is 13.1. The highest BCUT2D eigenvalue weighted by atomic mass is 16.7. The molecule has 1 atom stereocenters. The molecule has 0 aromatic heterocycles. The van der Waals surface area contributed by atoms with Crippen molar-refractivity contribution < 1.29 is 23.9 Å². The number of benzene rings is 2. The standard InChI is InChI=1S/C23H23N3O5/c27-21-12-17(14-26(21)18-6-7-19-20(13-18)31-15-30-19)23(29)25-10-8-24(9-11-25)22(28)16-4-2-1-3-5-16/h1-7,13,17H,8-12,14-15H2. The van der Waals surface area contributed by atoms with E-state index in [2.05, 4.69) is 0 Å². The fraction of sp³-hybridized carbons (Fsp3) is 0.348. The molecule has 3 heterocycles. The first kappa shape index (κ1) is 19.4. The molecular formula is C23H23N3O5. The molecule has 5 rings (SSSR count). The Hall–Kier alpha value is -3.55. The molecule has 2 aromatic carbocycles. The van der Waals surface area contributed by atoms with E-state index in [1.807, 2.05) is 24.3 Å². The van der Waals surface area contributed by atoms with Gasteiger partial charge in [-0.1, -0.05) is 18.2 Å². The summed E-state index contributed by atoms with van der Waals surface area (Å²) in [5.41, 5.74) is 1.37. The Morgan fingerprint density at radius 2 is 1.58 bits per heavy atom. The third-order valence-electron chi connectivity index (χ3n) is 6.04. The van der Waals surface area contributed by atoms with Crippen molar-refractivity contribution in [3.63, 3.8) is 0 Å². The monoisotopic (exact) mass is 421 g/mol. The van der Waals surface area contributed by atoms with E-state index in [1.165, 1.54) is 0 Å². The average Bonchev–Trinajstić information content (AvgIpc) is 3.44. The van der Waals surface area contributed by atoms with Gasteiger partial charge in [0.1, 0.15) is 0 Å². The zero-order chi connectivity index (χ0) is 21.4. The van der Waals surface area contributed by atoms with Crippen molar-refractivity contribution in [1.82, 2.24) is 9.80 Å². The smallest absolute Gasteiger partial charge is 0.253 e. The van der Waals surface area contributed by atoms with Gasteiger partial charge >= 0.3 is 0 Å². The molecule has 3 amide bonds. The molecule has 8 heteroatoms. The fourth-order valence-electron chi connectivity index (χ4n) is 4.33. The van der Waals surface area contributed by atoms with E-state index in [0.29, 0.717) is 55.5 Å². The quantitative estimate of drug-likeness (QED) is 0.755. The molecule has 0 spiro atoms. The van der Waals surface area contributed by atoms with E-state index < -0.39 is 0 Å². The molecule has 2 aromatic rings. The van der Waals surface area contributed by atoms with Crippen LogP contribution >= 0.6 is 0 Å². The number of fused-ring (bicyclic) bond motifs is 1. The lowest BCUT2D eigenvalue weighted by molar-refractivity contribution is -0.137. The molecule has 2 saturated heterocycles. The Kier molecular flexibility index (Phi) is 4.97. The van der Waals surface area contributed by atoms with Crippen molar-refractivity contribution in [3.8, 4) is 11.5 Å². The molecule has 31 heavy (non-hydrogen) atoms. The summed E-state index contributed by atoms with van der Waals surface area (Å²) in [4.78, 5) is 43.5. The summed E-state index contributed by atoms with van der Waals surface area (Å²) >= 11 is 0. The molecule has 0 radical (unpaired) electrons. The molecule has 2 fully saturated rings. The first-order chi connectivity index (χ1) is 15.1. The maximum absolute atomic E-state index is 13.1. The van der Waals surface area contributed by atoms with Crippen LogP contribution in [0.4, 0.5) is 5.69 Å². The molecule has 3 aliphatic heterocycles. The van der Waals surface area contributed by atoms with Crippen molar-refractivity contribution in [2.24, 2.45) is 5.92 Å². The molecule has 1 unspecified atom stereocenters. The largest absolute Gasteiger partial charge is 0.454 e. The average molecular weight is 421 g/mol. The number of hydrogen-bond donors (Lipinski definition) is 0. The molecule has 0 aliphatic carbocycles. The second-order valence-corrected chi connectivity index (χ2v) is 7.93. The number of amides is 3. The van der Waals surface area contributed by atoms with Crippen LogP contribution in [0.25, 0.3) is 0 Å². The number of carbonyl (C=O) groups excluding carboxylic acids is 3. The predicted octanol–water partition coefficient (Wildman–Crippen LogP) is 1.75. The normalized spacial score (nSPS) is 20.3. The van der Waals surface area contributed by atoms with Crippen LogP contribution in [0.2, 0.25) is 0 Å². The minimum atomic E-state index is -0.380. The van der Waals surface area contributed by atoms with Crippen molar-refractivity contribution in [2.45, 2.75) is 6.42 Å². The highest BCUT2D eigenvalue weighted by Gasteiger charge is 2.38. The predicted molar refractivity (Wildman–Crippen MR) is 112 cm³/mol. The van der Waals surface area contributed by atoms with E-state index in [-0.39, 0.29) is 36.9 Å². The second-order valence-electron chi connectivity index (χ2n) is 7.93. The number of piperazine rings is 1. The highest BCUT2D eigenvalue weighted by Crippen LogP contribution is 2.37. The molecule has 0 saturated carbocycles. The van der Waals surface area contributed by atoms with E-state index in [1.54, 1.807) is 39.0 Å². The zero-order valence-corrected chi connectivity index (χ0v) is 17.0. The number of nitrogens with zero attached hydrogens (tertiary/aromatic N) is 3. The Bertz CT molecular complexity index is 1020. The Labute approximate surface area is 179 Å². The van der Waals surface area contributed by atoms with E-state index in [0.717, 1.165) is 0 Å². The van der Waals surface area contributed by atoms with Crippen LogP contribution in [-0.2, 0) is 9.59 Å². The summed E-state index contributed by atoms with van der Waals surface area (Å²) in [6, 6.07) is 14.5.